The number of rotatable bonds is 5. The molecule has 24 heavy (non-hydrogen) atoms. The van der Waals surface area contributed by atoms with Crippen molar-refractivity contribution in [3.05, 3.63) is 53.3 Å². The first-order chi connectivity index (χ1) is 11.3. The van der Waals surface area contributed by atoms with E-state index in [0.29, 0.717) is 5.56 Å². The molecule has 0 atom stereocenters. The molecule has 1 N–H and O–H groups in total. The topological polar surface area (TPSA) is 99.4 Å². The molecule has 0 aliphatic heterocycles. The minimum Gasteiger partial charge on any atom is -0.545 e. The Morgan fingerprint density at radius 1 is 1.25 bits per heavy atom. The van der Waals surface area contributed by atoms with Crippen LogP contribution in [0.2, 0.25) is 0 Å². The Morgan fingerprint density at radius 2 is 1.92 bits per heavy atom. The highest BCUT2D eigenvalue weighted by Crippen LogP contribution is 2.27. The molecule has 7 nitrogen and oxygen atoms in total. The number of aromatic carboxylic acids is 1. The molecule has 0 bridgehead atoms. The fourth-order valence-corrected chi connectivity index (χ4v) is 1.67. The Hall–Kier alpha value is -3.17. The number of hydrazone groups is 1. The summed E-state index contributed by atoms with van der Waals surface area (Å²) in [7, 11) is 0. The number of hydrogen-bond donors (Lipinski definition) is 1. The Balaban J connectivity index is 1.88. The Bertz CT molecular complexity index is 766. The van der Waals surface area contributed by atoms with E-state index in [9.17, 15) is 27.9 Å². The van der Waals surface area contributed by atoms with E-state index < -0.39 is 30.3 Å². The first-order valence-electron chi connectivity index (χ1n) is 6.49. The van der Waals surface area contributed by atoms with Gasteiger partial charge in [-0.2, -0.15) is 23.4 Å². The Kier molecular flexibility index (Phi) is 4.97. The summed E-state index contributed by atoms with van der Waals surface area (Å²) in [4.78, 5) is 22.1. The number of carboxylic acids is 1. The van der Waals surface area contributed by atoms with Gasteiger partial charge in [-0.05, 0) is 17.2 Å². The molecule has 2 aromatic rings. The van der Waals surface area contributed by atoms with Crippen LogP contribution in [0.3, 0.4) is 0 Å². The van der Waals surface area contributed by atoms with Gasteiger partial charge in [0.05, 0.1) is 12.2 Å². The van der Waals surface area contributed by atoms with Gasteiger partial charge < -0.3 is 9.90 Å². The van der Waals surface area contributed by atoms with E-state index in [4.69, 9.17) is 0 Å². The lowest BCUT2D eigenvalue weighted by atomic mass is 10.1. The molecule has 0 unspecified atom stereocenters. The van der Waals surface area contributed by atoms with Gasteiger partial charge in [0.25, 0.3) is 5.91 Å². The third-order valence-electron chi connectivity index (χ3n) is 2.79. The van der Waals surface area contributed by atoms with E-state index in [1.54, 1.807) is 0 Å². The van der Waals surface area contributed by atoms with Crippen LogP contribution >= 0.6 is 0 Å². The number of aromatic nitrogens is 2. The number of alkyl halides is 3. The molecular formula is C14H10F3N4O3-. The van der Waals surface area contributed by atoms with Crippen LogP contribution in [0.1, 0.15) is 21.6 Å². The molecule has 0 aliphatic carbocycles. The molecule has 1 aromatic heterocycles. The summed E-state index contributed by atoms with van der Waals surface area (Å²) in [6, 6.07) is 6.27. The second-order valence-electron chi connectivity index (χ2n) is 4.60. The van der Waals surface area contributed by atoms with E-state index in [1.807, 2.05) is 0 Å². The molecule has 1 heterocycles. The lowest BCUT2D eigenvalue weighted by molar-refractivity contribution is -0.255. The van der Waals surface area contributed by atoms with E-state index in [-0.39, 0.29) is 5.56 Å². The summed E-state index contributed by atoms with van der Waals surface area (Å²) in [5.74, 6) is -1.99. The van der Waals surface area contributed by atoms with Crippen LogP contribution in [0.25, 0.3) is 0 Å². The molecule has 0 spiro atoms. The minimum atomic E-state index is -4.57. The van der Waals surface area contributed by atoms with Crippen molar-refractivity contribution in [1.29, 1.82) is 0 Å². The van der Waals surface area contributed by atoms with Crippen molar-refractivity contribution in [1.82, 2.24) is 15.2 Å². The molecular weight excluding hydrogens is 329 g/mol. The average Bonchev–Trinajstić information content (AvgIpc) is 2.96. The van der Waals surface area contributed by atoms with Crippen LogP contribution in [0.4, 0.5) is 13.2 Å². The summed E-state index contributed by atoms with van der Waals surface area (Å²) < 4.78 is 37.9. The highest BCUT2D eigenvalue weighted by Gasteiger charge is 2.33. The van der Waals surface area contributed by atoms with Gasteiger partial charge in [-0.1, -0.05) is 24.3 Å². The van der Waals surface area contributed by atoms with Crippen molar-refractivity contribution in [2.45, 2.75) is 12.7 Å². The van der Waals surface area contributed by atoms with Crippen LogP contribution in [-0.2, 0) is 17.5 Å². The molecule has 1 aromatic carbocycles. The fourth-order valence-electron chi connectivity index (χ4n) is 1.67. The van der Waals surface area contributed by atoms with Crippen LogP contribution in [0, 0.1) is 0 Å². The maximum atomic E-state index is 12.4. The third-order valence-corrected chi connectivity index (χ3v) is 2.79. The zero-order valence-electron chi connectivity index (χ0n) is 11.9. The highest BCUT2D eigenvalue weighted by molar-refractivity contribution is 5.88. The third kappa shape index (κ3) is 4.66. The van der Waals surface area contributed by atoms with E-state index in [0.717, 1.165) is 16.9 Å². The smallest absolute Gasteiger partial charge is 0.435 e. The molecule has 10 heteroatoms. The predicted octanol–water partition coefficient (Wildman–Crippen LogP) is 0.416. The normalized spacial score (nSPS) is 11.6. The van der Waals surface area contributed by atoms with E-state index in [2.05, 4.69) is 15.6 Å². The molecule has 126 valence electrons. The van der Waals surface area contributed by atoms with E-state index >= 15 is 0 Å². The average molecular weight is 339 g/mol. The molecule has 0 radical (unpaired) electrons. The second-order valence-corrected chi connectivity index (χ2v) is 4.60. The zero-order valence-corrected chi connectivity index (χ0v) is 11.9. The number of nitrogens with one attached hydrogen (secondary N) is 1. The summed E-state index contributed by atoms with van der Waals surface area (Å²) in [5.41, 5.74) is 1.54. The van der Waals surface area contributed by atoms with E-state index in [1.165, 1.54) is 30.5 Å². The van der Waals surface area contributed by atoms with Crippen LogP contribution in [0.15, 0.2) is 41.6 Å². The Labute approximate surface area is 133 Å². The number of carboxylic acid groups (broad SMARTS) is 1. The van der Waals surface area contributed by atoms with Gasteiger partial charge in [0.2, 0.25) is 0 Å². The Morgan fingerprint density at radius 3 is 2.46 bits per heavy atom. The van der Waals surface area contributed by atoms with Crippen molar-refractivity contribution in [2.24, 2.45) is 5.10 Å². The quantitative estimate of drug-likeness (QED) is 0.630. The van der Waals surface area contributed by atoms with Gasteiger partial charge in [-0.3, -0.25) is 9.48 Å². The molecule has 0 saturated carbocycles. The van der Waals surface area contributed by atoms with Gasteiger partial charge >= 0.3 is 6.18 Å². The van der Waals surface area contributed by atoms with Gasteiger partial charge in [0, 0.05) is 6.20 Å². The highest BCUT2D eigenvalue weighted by atomic mass is 19.4. The SMILES string of the molecule is O=C(Cn1ccc(C(F)(F)F)n1)N/N=C\c1ccc(C(=O)[O-])cc1. The number of hydrogen-bond acceptors (Lipinski definition) is 5. The number of amides is 1. The molecule has 0 fully saturated rings. The summed E-state index contributed by atoms with van der Waals surface area (Å²) in [6.07, 6.45) is -2.29. The van der Waals surface area contributed by atoms with Crippen LogP contribution in [0.5, 0.6) is 0 Å². The number of carbonyl (C=O) groups excluding carboxylic acids is 2. The molecule has 1 amide bonds. The molecule has 0 saturated heterocycles. The second kappa shape index (κ2) is 6.94. The number of nitrogens with zero attached hydrogens (tertiary/aromatic N) is 3. The van der Waals surface area contributed by atoms with Crippen molar-refractivity contribution in [3.63, 3.8) is 0 Å². The van der Waals surface area contributed by atoms with Gasteiger partial charge in [0.1, 0.15) is 6.54 Å². The monoisotopic (exact) mass is 339 g/mol. The largest absolute Gasteiger partial charge is 0.545 e. The number of carbonyl (C=O) groups is 2. The first-order valence-corrected chi connectivity index (χ1v) is 6.49. The standard InChI is InChI=1S/C14H11F3N4O3/c15-14(16,17)11-5-6-21(20-11)8-12(22)19-18-7-9-1-3-10(4-2-9)13(23)24/h1-7H,8H2,(H,19,22)(H,23,24)/p-1/b18-7-. The van der Waals surface area contributed by atoms with Crippen molar-refractivity contribution in [2.75, 3.05) is 0 Å². The molecule has 2 rings (SSSR count). The zero-order chi connectivity index (χ0) is 17.7. The van der Waals surface area contributed by atoms with Crippen molar-refractivity contribution < 1.29 is 27.9 Å². The summed E-state index contributed by atoms with van der Waals surface area (Å²) >= 11 is 0. The first kappa shape index (κ1) is 17.2. The lowest BCUT2D eigenvalue weighted by Crippen LogP contribution is -2.24. The summed E-state index contributed by atoms with van der Waals surface area (Å²) in [6.45, 7) is -0.433. The van der Waals surface area contributed by atoms with Gasteiger partial charge in [-0.25, -0.2) is 5.43 Å². The van der Waals surface area contributed by atoms with Crippen molar-refractivity contribution >= 4 is 18.1 Å². The fraction of sp³-hybridized carbons (Fsp3) is 0.143. The molecule has 0 aliphatic rings. The van der Waals surface area contributed by atoms with Crippen LogP contribution in [-0.4, -0.2) is 27.9 Å². The summed E-state index contributed by atoms with van der Waals surface area (Å²) in [5, 5.41) is 17.4. The van der Waals surface area contributed by atoms with Gasteiger partial charge in [-0.15, -0.1) is 0 Å². The minimum absolute atomic E-state index is 0.00432. The maximum Gasteiger partial charge on any atom is 0.435 e. The lowest BCUT2D eigenvalue weighted by Gasteiger charge is -2.03. The maximum absolute atomic E-state index is 12.4. The number of benzene rings is 1. The van der Waals surface area contributed by atoms with Gasteiger partial charge in [0.15, 0.2) is 5.69 Å². The number of halogens is 3. The predicted molar refractivity (Wildman–Crippen MR) is 73.7 cm³/mol. The van der Waals surface area contributed by atoms with Crippen LogP contribution < -0.4 is 10.5 Å². The van der Waals surface area contributed by atoms with Crippen molar-refractivity contribution in [3.8, 4) is 0 Å².